The lowest BCUT2D eigenvalue weighted by atomic mass is 10.0. The second kappa shape index (κ2) is 6.82. The summed E-state index contributed by atoms with van der Waals surface area (Å²) in [7, 11) is 2.12. The molecule has 2 saturated heterocycles. The predicted octanol–water partition coefficient (Wildman–Crippen LogP) is 4.34. The lowest BCUT2D eigenvalue weighted by molar-refractivity contribution is -0.000298. The van der Waals surface area contributed by atoms with Crippen molar-refractivity contribution in [2.75, 3.05) is 7.05 Å². The van der Waals surface area contributed by atoms with Gasteiger partial charge in [-0.3, -0.25) is 0 Å². The van der Waals surface area contributed by atoms with E-state index in [9.17, 15) is 13.6 Å². The largest absolute Gasteiger partial charge is 0.459 e. The molecule has 1 unspecified atom stereocenters. The summed E-state index contributed by atoms with van der Waals surface area (Å²) in [6, 6.07) is 7.81. The Balaban J connectivity index is 1.62. The Morgan fingerprint density at radius 3 is 2.58 bits per heavy atom. The molecule has 0 aliphatic carbocycles. The van der Waals surface area contributed by atoms with Crippen molar-refractivity contribution in [3.63, 3.8) is 0 Å². The fourth-order valence-electron chi connectivity index (χ4n) is 4.45. The van der Waals surface area contributed by atoms with Crippen LogP contribution >= 0.6 is 11.6 Å². The molecule has 0 spiro atoms. The van der Waals surface area contributed by atoms with Crippen LogP contribution in [0.25, 0.3) is 10.9 Å². The average molecular weight is 383 g/mol. The molecule has 4 nitrogen and oxygen atoms in total. The summed E-state index contributed by atoms with van der Waals surface area (Å²) in [4.78, 5) is 15.2. The number of rotatable bonds is 4. The Labute approximate surface area is 155 Å². The zero-order chi connectivity index (χ0) is 18.4. The highest BCUT2D eigenvalue weighted by Crippen LogP contribution is 2.37. The number of fused-ring (bicyclic) bond motifs is 3. The van der Waals surface area contributed by atoms with Crippen LogP contribution in [-0.4, -0.2) is 47.1 Å². The first-order valence-corrected chi connectivity index (χ1v) is 9.31. The molecule has 0 amide bonds. The van der Waals surface area contributed by atoms with Crippen molar-refractivity contribution in [2.24, 2.45) is 0 Å². The maximum Gasteiger partial charge on any atom is 0.342 e. The van der Waals surface area contributed by atoms with Crippen LogP contribution in [0.4, 0.5) is 8.78 Å². The monoisotopic (exact) mass is 382 g/mol. The Hall–Kier alpha value is -1.66. The van der Waals surface area contributed by atoms with Gasteiger partial charge in [0.25, 0.3) is 6.43 Å². The Bertz CT molecular complexity index is 824. The van der Waals surface area contributed by atoms with E-state index in [1.54, 1.807) is 24.3 Å². The minimum Gasteiger partial charge on any atom is -0.459 e. The first-order valence-electron chi connectivity index (χ1n) is 8.93. The molecule has 0 radical (unpaired) electrons. The summed E-state index contributed by atoms with van der Waals surface area (Å²) in [6.07, 6.45) is 1.17. The summed E-state index contributed by atoms with van der Waals surface area (Å²) in [5.41, 5.74) is 0.711. The number of esters is 1. The molecule has 1 aromatic heterocycles. The Kier molecular flexibility index (Phi) is 4.65. The van der Waals surface area contributed by atoms with Crippen LogP contribution < -0.4 is 0 Å². The van der Waals surface area contributed by atoms with Gasteiger partial charge in [0.05, 0.1) is 12.1 Å². The molecule has 2 aromatic rings. The highest BCUT2D eigenvalue weighted by molar-refractivity contribution is 6.35. The Morgan fingerprint density at radius 2 is 1.92 bits per heavy atom. The van der Waals surface area contributed by atoms with Crippen molar-refractivity contribution >= 4 is 28.5 Å². The molecular weight excluding hydrogens is 362 g/mol. The number of hydrogen-bond acceptors (Lipinski definition) is 3. The van der Waals surface area contributed by atoms with Gasteiger partial charge in [-0.2, -0.15) is 0 Å². The van der Waals surface area contributed by atoms with Crippen molar-refractivity contribution < 1.29 is 18.3 Å². The van der Waals surface area contributed by atoms with Crippen LogP contribution in [-0.2, 0) is 11.3 Å². The highest BCUT2D eigenvalue weighted by atomic mass is 35.5. The van der Waals surface area contributed by atoms with Gasteiger partial charge in [0.2, 0.25) is 0 Å². The highest BCUT2D eigenvalue weighted by Gasteiger charge is 2.40. The van der Waals surface area contributed by atoms with Gasteiger partial charge in [0.15, 0.2) is 0 Å². The molecule has 2 bridgehead atoms. The second-order valence-electron chi connectivity index (χ2n) is 7.23. The first-order chi connectivity index (χ1) is 12.5. The van der Waals surface area contributed by atoms with Gasteiger partial charge >= 0.3 is 5.97 Å². The maximum absolute atomic E-state index is 12.9. The van der Waals surface area contributed by atoms with Gasteiger partial charge < -0.3 is 14.2 Å². The van der Waals surface area contributed by atoms with Gasteiger partial charge in [-0.1, -0.05) is 29.8 Å². The van der Waals surface area contributed by atoms with E-state index in [1.807, 2.05) is 0 Å². The first kappa shape index (κ1) is 17.7. The molecule has 26 heavy (non-hydrogen) atoms. The molecule has 2 aliphatic rings. The summed E-state index contributed by atoms with van der Waals surface area (Å²) in [5, 5.41) is 0.575. The van der Waals surface area contributed by atoms with E-state index in [2.05, 4.69) is 11.9 Å². The van der Waals surface area contributed by atoms with Gasteiger partial charge in [0, 0.05) is 30.3 Å². The molecule has 3 heterocycles. The molecule has 2 fully saturated rings. The zero-order valence-electron chi connectivity index (χ0n) is 14.5. The summed E-state index contributed by atoms with van der Waals surface area (Å²) >= 11 is 6.32. The maximum atomic E-state index is 12.9. The van der Waals surface area contributed by atoms with E-state index in [0.29, 0.717) is 23.0 Å². The van der Waals surface area contributed by atoms with E-state index in [1.165, 1.54) is 4.57 Å². The number of carbonyl (C=O) groups is 1. The van der Waals surface area contributed by atoms with Crippen LogP contribution in [0.5, 0.6) is 0 Å². The number of benzene rings is 1. The van der Waals surface area contributed by atoms with Crippen molar-refractivity contribution in [2.45, 2.75) is 56.8 Å². The minimum atomic E-state index is -2.56. The molecule has 7 heteroatoms. The summed E-state index contributed by atoms with van der Waals surface area (Å²) in [6.45, 7) is -0.551. The number of alkyl halides is 2. The van der Waals surface area contributed by atoms with E-state index in [4.69, 9.17) is 16.3 Å². The normalized spacial score (nSPS) is 26.0. The third-order valence-electron chi connectivity index (χ3n) is 5.76. The van der Waals surface area contributed by atoms with E-state index in [-0.39, 0.29) is 16.8 Å². The number of para-hydroxylation sites is 1. The third kappa shape index (κ3) is 2.99. The quantitative estimate of drug-likeness (QED) is 0.738. The number of piperidine rings is 1. The van der Waals surface area contributed by atoms with E-state index < -0.39 is 18.9 Å². The lowest BCUT2D eigenvalue weighted by Crippen LogP contribution is -2.43. The lowest BCUT2D eigenvalue weighted by Gasteiger charge is -2.35. The topological polar surface area (TPSA) is 34.5 Å². The van der Waals surface area contributed by atoms with Crippen LogP contribution in [0.2, 0.25) is 5.15 Å². The standard InChI is InChI=1S/C19H21ClF2N2O2/c1-23-11-6-7-12(23)9-13(8-11)26-19(25)17-14-4-2-3-5-15(14)24(18(17)20)10-16(21)22/h2-5,11-13,16H,6-10H2,1H3/t11-,12+,13?. The van der Waals surface area contributed by atoms with Crippen LogP contribution in [0, 0.1) is 0 Å². The SMILES string of the molecule is CN1[C@@H]2CC[C@H]1CC(OC(=O)c1c(Cl)n(CC(F)F)c3ccccc13)C2. The Morgan fingerprint density at radius 1 is 1.27 bits per heavy atom. The van der Waals surface area contributed by atoms with Gasteiger partial charge in [-0.05, 0) is 26.0 Å². The van der Waals surface area contributed by atoms with Crippen molar-refractivity contribution in [1.29, 1.82) is 0 Å². The molecule has 0 N–H and O–H groups in total. The fraction of sp³-hybridized carbons (Fsp3) is 0.526. The van der Waals surface area contributed by atoms with Gasteiger partial charge in [-0.25, -0.2) is 13.6 Å². The van der Waals surface area contributed by atoms with Crippen LogP contribution in [0.1, 0.15) is 36.0 Å². The number of hydrogen-bond donors (Lipinski definition) is 0. The molecular formula is C19H21ClF2N2O2. The predicted molar refractivity (Wildman–Crippen MR) is 96.0 cm³/mol. The molecule has 0 saturated carbocycles. The third-order valence-corrected chi connectivity index (χ3v) is 6.15. The van der Waals surface area contributed by atoms with E-state index in [0.717, 1.165) is 25.7 Å². The average Bonchev–Trinajstić information content (AvgIpc) is 2.97. The number of nitrogens with zero attached hydrogens (tertiary/aromatic N) is 2. The molecule has 4 rings (SSSR count). The number of halogens is 3. The summed E-state index contributed by atoms with van der Waals surface area (Å²) < 4.78 is 32.9. The molecule has 140 valence electrons. The minimum absolute atomic E-state index is 0.0207. The van der Waals surface area contributed by atoms with Gasteiger partial charge in [0.1, 0.15) is 16.8 Å². The van der Waals surface area contributed by atoms with E-state index >= 15 is 0 Å². The van der Waals surface area contributed by atoms with Crippen molar-refractivity contribution in [3.05, 3.63) is 35.0 Å². The molecule has 3 atom stereocenters. The summed E-state index contributed by atoms with van der Waals surface area (Å²) in [5.74, 6) is -0.520. The molecule has 1 aromatic carbocycles. The molecule has 2 aliphatic heterocycles. The smallest absolute Gasteiger partial charge is 0.342 e. The number of ether oxygens (including phenoxy) is 1. The van der Waals surface area contributed by atoms with Crippen LogP contribution in [0.3, 0.4) is 0 Å². The number of aromatic nitrogens is 1. The zero-order valence-corrected chi connectivity index (χ0v) is 15.3. The van der Waals surface area contributed by atoms with Crippen molar-refractivity contribution in [1.82, 2.24) is 9.47 Å². The van der Waals surface area contributed by atoms with Crippen molar-refractivity contribution in [3.8, 4) is 0 Å². The van der Waals surface area contributed by atoms with Gasteiger partial charge in [-0.15, -0.1) is 0 Å². The fourth-order valence-corrected chi connectivity index (χ4v) is 4.79. The van der Waals surface area contributed by atoms with Crippen LogP contribution in [0.15, 0.2) is 24.3 Å². The second-order valence-corrected chi connectivity index (χ2v) is 7.59. The number of carbonyl (C=O) groups excluding carboxylic acids is 1.